The Morgan fingerprint density at radius 1 is 0.786 bits per heavy atom. The van der Waals surface area contributed by atoms with Gasteiger partial charge in [-0.3, -0.25) is 0 Å². The van der Waals surface area contributed by atoms with Crippen molar-refractivity contribution < 1.29 is 0 Å². The predicted molar refractivity (Wildman–Crippen MR) is 115 cm³/mol. The number of aromatic nitrogens is 2. The van der Waals surface area contributed by atoms with Gasteiger partial charge >= 0.3 is 0 Å². The van der Waals surface area contributed by atoms with E-state index in [2.05, 4.69) is 68.7 Å². The Balaban J connectivity index is 1.66. The third kappa shape index (κ3) is 4.09. The van der Waals surface area contributed by atoms with Crippen LogP contribution in [0, 0.1) is 0 Å². The van der Waals surface area contributed by atoms with Crippen LogP contribution in [-0.4, -0.2) is 23.1 Å². The second kappa shape index (κ2) is 8.74. The van der Waals surface area contributed by atoms with Gasteiger partial charge in [0.1, 0.15) is 12.0 Å². The van der Waals surface area contributed by atoms with Gasteiger partial charge in [-0.05, 0) is 24.0 Å². The zero-order chi connectivity index (χ0) is 19.2. The molecule has 2 aromatic carbocycles. The summed E-state index contributed by atoms with van der Waals surface area (Å²) in [5.74, 6) is 1.53. The number of nitrogen functional groups attached to an aromatic ring is 1. The lowest BCUT2D eigenvalue weighted by atomic mass is 9.99. The van der Waals surface area contributed by atoms with Crippen LogP contribution in [0.5, 0.6) is 0 Å². The van der Waals surface area contributed by atoms with Gasteiger partial charge in [0, 0.05) is 13.1 Å². The zero-order valence-electron chi connectivity index (χ0n) is 16.1. The predicted octanol–water partition coefficient (Wildman–Crippen LogP) is 4.64. The van der Waals surface area contributed by atoms with Crippen LogP contribution in [0.4, 0.5) is 17.3 Å². The van der Waals surface area contributed by atoms with E-state index in [0.717, 1.165) is 18.9 Å². The molecule has 1 fully saturated rings. The molecule has 144 valence electrons. The fourth-order valence-corrected chi connectivity index (χ4v) is 3.82. The first kappa shape index (κ1) is 18.3. The van der Waals surface area contributed by atoms with E-state index in [-0.39, 0.29) is 6.04 Å². The maximum absolute atomic E-state index is 6.54. The quantitative estimate of drug-likeness (QED) is 0.682. The zero-order valence-corrected chi connectivity index (χ0v) is 16.1. The maximum atomic E-state index is 6.54. The molecule has 0 radical (unpaired) electrons. The molecular weight excluding hydrogens is 346 g/mol. The molecule has 0 spiro atoms. The van der Waals surface area contributed by atoms with Gasteiger partial charge in [-0.2, -0.15) is 0 Å². The smallest absolute Gasteiger partial charge is 0.157 e. The van der Waals surface area contributed by atoms with Crippen LogP contribution in [0.3, 0.4) is 0 Å². The summed E-state index contributed by atoms with van der Waals surface area (Å²) in [4.78, 5) is 11.3. The summed E-state index contributed by atoms with van der Waals surface area (Å²) in [6.45, 7) is 2.00. The van der Waals surface area contributed by atoms with Gasteiger partial charge < -0.3 is 16.0 Å². The third-order valence-electron chi connectivity index (χ3n) is 5.32. The third-order valence-corrected chi connectivity index (χ3v) is 5.32. The van der Waals surface area contributed by atoms with Crippen molar-refractivity contribution in [3.8, 4) is 0 Å². The molecule has 4 rings (SSSR count). The highest BCUT2D eigenvalue weighted by atomic mass is 15.2. The molecule has 1 saturated heterocycles. The molecule has 0 amide bonds. The van der Waals surface area contributed by atoms with Crippen molar-refractivity contribution in [2.45, 2.75) is 31.7 Å². The van der Waals surface area contributed by atoms with E-state index < -0.39 is 0 Å². The maximum Gasteiger partial charge on any atom is 0.157 e. The highest BCUT2D eigenvalue weighted by molar-refractivity contribution is 5.75. The monoisotopic (exact) mass is 373 g/mol. The lowest BCUT2D eigenvalue weighted by Gasteiger charge is -2.25. The molecule has 0 atom stereocenters. The average Bonchev–Trinajstić information content (AvgIpc) is 3.04. The first-order valence-electron chi connectivity index (χ1n) is 10.0. The van der Waals surface area contributed by atoms with Gasteiger partial charge in [-0.15, -0.1) is 0 Å². The lowest BCUT2D eigenvalue weighted by Crippen LogP contribution is -2.26. The molecule has 5 nitrogen and oxygen atoms in total. The normalized spacial score (nSPS) is 14.7. The fourth-order valence-electron chi connectivity index (χ4n) is 3.82. The van der Waals surface area contributed by atoms with Crippen LogP contribution in [-0.2, 0) is 0 Å². The van der Waals surface area contributed by atoms with E-state index in [1.165, 1.54) is 36.8 Å². The topological polar surface area (TPSA) is 67.1 Å². The van der Waals surface area contributed by atoms with Crippen LogP contribution in [0.1, 0.15) is 42.9 Å². The van der Waals surface area contributed by atoms with Crippen LogP contribution < -0.4 is 16.0 Å². The number of hydrogen-bond donors (Lipinski definition) is 2. The number of hydrogen-bond acceptors (Lipinski definition) is 5. The van der Waals surface area contributed by atoms with Gasteiger partial charge in [0.15, 0.2) is 11.6 Å². The van der Waals surface area contributed by atoms with Crippen molar-refractivity contribution in [2.75, 3.05) is 29.0 Å². The molecule has 3 aromatic rings. The Morgan fingerprint density at radius 3 is 1.93 bits per heavy atom. The summed E-state index contributed by atoms with van der Waals surface area (Å²) in [6, 6.07) is 20.7. The molecule has 5 heteroatoms. The summed E-state index contributed by atoms with van der Waals surface area (Å²) in [5.41, 5.74) is 9.51. The average molecular weight is 374 g/mol. The van der Waals surface area contributed by atoms with Gasteiger partial charge in [0.05, 0.1) is 6.04 Å². The molecular formula is C23H27N5. The minimum absolute atomic E-state index is 0.0309. The number of nitrogens with two attached hydrogens (primary N) is 1. The Kier molecular flexibility index (Phi) is 5.71. The Bertz CT molecular complexity index is 835. The van der Waals surface area contributed by atoms with Crippen molar-refractivity contribution in [1.29, 1.82) is 0 Å². The number of nitrogens with one attached hydrogen (secondary N) is 1. The first-order chi connectivity index (χ1) is 13.8. The number of nitrogens with zero attached hydrogens (tertiary/aromatic N) is 3. The number of benzene rings is 2. The minimum atomic E-state index is -0.0309. The summed E-state index contributed by atoms with van der Waals surface area (Å²) in [6.07, 6.45) is 6.53. The lowest BCUT2D eigenvalue weighted by molar-refractivity contribution is 0.726. The molecule has 2 heterocycles. The van der Waals surface area contributed by atoms with Crippen molar-refractivity contribution >= 4 is 17.3 Å². The van der Waals surface area contributed by atoms with Crippen LogP contribution >= 0.6 is 0 Å². The summed E-state index contributed by atoms with van der Waals surface area (Å²) in [7, 11) is 0. The Hall–Kier alpha value is -3.08. The van der Waals surface area contributed by atoms with Crippen LogP contribution in [0.15, 0.2) is 67.0 Å². The second-order valence-corrected chi connectivity index (χ2v) is 7.26. The van der Waals surface area contributed by atoms with Gasteiger partial charge in [0.25, 0.3) is 0 Å². The van der Waals surface area contributed by atoms with E-state index in [0.29, 0.717) is 11.5 Å². The van der Waals surface area contributed by atoms with Gasteiger partial charge in [0.2, 0.25) is 0 Å². The minimum Gasteiger partial charge on any atom is -0.393 e. The molecule has 0 aliphatic carbocycles. The van der Waals surface area contributed by atoms with Crippen molar-refractivity contribution in [3.63, 3.8) is 0 Å². The fraction of sp³-hybridized carbons (Fsp3) is 0.304. The van der Waals surface area contributed by atoms with E-state index in [4.69, 9.17) is 5.73 Å². The second-order valence-electron chi connectivity index (χ2n) is 7.26. The van der Waals surface area contributed by atoms with Crippen molar-refractivity contribution in [2.24, 2.45) is 0 Å². The molecule has 0 bridgehead atoms. The van der Waals surface area contributed by atoms with E-state index >= 15 is 0 Å². The van der Waals surface area contributed by atoms with Crippen molar-refractivity contribution in [1.82, 2.24) is 9.97 Å². The van der Waals surface area contributed by atoms with E-state index in [9.17, 15) is 0 Å². The van der Waals surface area contributed by atoms with Gasteiger partial charge in [-0.1, -0.05) is 73.5 Å². The van der Waals surface area contributed by atoms with E-state index in [1.54, 1.807) is 6.33 Å². The summed E-state index contributed by atoms with van der Waals surface area (Å²) >= 11 is 0. The summed E-state index contributed by atoms with van der Waals surface area (Å²) < 4.78 is 0. The molecule has 3 N–H and O–H groups in total. The van der Waals surface area contributed by atoms with Crippen molar-refractivity contribution in [3.05, 3.63) is 78.1 Å². The number of anilines is 3. The van der Waals surface area contributed by atoms with E-state index in [1.807, 2.05) is 12.1 Å². The molecule has 1 aromatic heterocycles. The first-order valence-corrected chi connectivity index (χ1v) is 10.0. The van der Waals surface area contributed by atoms with Crippen LogP contribution in [0.25, 0.3) is 0 Å². The Morgan fingerprint density at radius 2 is 1.36 bits per heavy atom. The largest absolute Gasteiger partial charge is 0.393 e. The highest BCUT2D eigenvalue weighted by Crippen LogP contribution is 2.32. The van der Waals surface area contributed by atoms with Gasteiger partial charge in [-0.25, -0.2) is 9.97 Å². The summed E-state index contributed by atoms with van der Waals surface area (Å²) in [5, 5.41) is 3.57. The highest BCUT2D eigenvalue weighted by Gasteiger charge is 2.20. The molecule has 0 saturated carbocycles. The molecule has 28 heavy (non-hydrogen) atoms. The SMILES string of the molecule is Nc1c(NC(c2ccccc2)c2ccccc2)ncnc1N1CCCCCC1. The molecule has 0 unspecified atom stereocenters. The molecule has 1 aliphatic heterocycles. The number of rotatable bonds is 5. The molecule has 1 aliphatic rings. The van der Waals surface area contributed by atoms with Crippen LogP contribution in [0.2, 0.25) is 0 Å². The standard InChI is InChI=1S/C23H27N5/c24-20-22(25-17-26-23(20)28-15-9-1-2-10-16-28)27-21(18-11-5-3-6-12-18)19-13-7-4-8-14-19/h3-8,11-14,17,21H,1-2,9-10,15-16,24H2,(H,25,26,27). The Labute approximate surface area is 166 Å².